The molecule has 7 aromatic rings. The number of aryl methyl sites for hydroxylation is 1. The Morgan fingerprint density at radius 1 is 0.636 bits per heavy atom. The second-order valence-corrected chi connectivity index (χ2v) is 8.61. The number of pyridine rings is 1. The van der Waals surface area contributed by atoms with E-state index < -0.39 is 0 Å². The second-order valence-electron chi connectivity index (χ2n) is 8.61. The summed E-state index contributed by atoms with van der Waals surface area (Å²) in [5.41, 5.74) is 8.93. The molecule has 33 heavy (non-hydrogen) atoms. The summed E-state index contributed by atoms with van der Waals surface area (Å²) in [5.74, 6) is 0. The lowest BCUT2D eigenvalue weighted by Gasteiger charge is -2.08. The Bertz CT molecular complexity index is 1820. The molecule has 0 unspecified atom stereocenters. The minimum absolute atomic E-state index is 0.921. The van der Waals surface area contributed by atoms with Crippen molar-refractivity contribution < 1.29 is 4.42 Å². The lowest BCUT2D eigenvalue weighted by molar-refractivity contribution is 0.669. The van der Waals surface area contributed by atoms with E-state index >= 15 is 0 Å². The Morgan fingerprint density at radius 2 is 1.45 bits per heavy atom. The highest BCUT2D eigenvalue weighted by molar-refractivity contribution is 6.11. The number of nitrogens with zero attached hydrogens (tertiary/aromatic N) is 2. The number of furan rings is 1. The molecular formula is C30H20N2O. The molecule has 0 amide bonds. The van der Waals surface area contributed by atoms with Crippen molar-refractivity contribution in [3.05, 3.63) is 109 Å². The van der Waals surface area contributed by atoms with Gasteiger partial charge in [-0.15, -0.1) is 0 Å². The average molecular weight is 425 g/mol. The first-order chi connectivity index (χ1) is 16.3. The Labute approximate surface area is 190 Å². The van der Waals surface area contributed by atoms with Crippen LogP contribution in [0.5, 0.6) is 0 Å². The predicted octanol–water partition coefficient (Wildman–Crippen LogP) is 8.05. The monoisotopic (exact) mass is 424 g/mol. The van der Waals surface area contributed by atoms with Crippen LogP contribution in [0.4, 0.5) is 0 Å². The number of fused-ring (bicyclic) bond motifs is 6. The fourth-order valence-electron chi connectivity index (χ4n) is 4.98. The quantitative estimate of drug-likeness (QED) is 0.281. The molecule has 3 heteroatoms. The maximum atomic E-state index is 6.03. The fourth-order valence-corrected chi connectivity index (χ4v) is 4.98. The van der Waals surface area contributed by atoms with Gasteiger partial charge in [0.2, 0.25) is 0 Å². The van der Waals surface area contributed by atoms with Gasteiger partial charge in [0.15, 0.2) is 0 Å². The Morgan fingerprint density at radius 3 is 2.33 bits per heavy atom. The molecule has 0 aliphatic rings. The van der Waals surface area contributed by atoms with E-state index in [-0.39, 0.29) is 0 Å². The Balaban J connectivity index is 1.49. The van der Waals surface area contributed by atoms with Crippen LogP contribution in [-0.4, -0.2) is 9.55 Å². The van der Waals surface area contributed by atoms with Crippen LogP contribution in [0, 0.1) is 6.92 Å². The first kappa shape index (κ1) is 18.2. The molecule has 4 aromatic carbocycles. The van der Waals surface area contributed by atoms with Gasteiger partial charge >= 0.3 is 0 Å². The van der Waals surface area contributed by atoms with Crippen LogP contribution in [-0.2, 0) is 0 Å². The molecular weight excluding hydrogens is 404 g/mol. The molecule has 0 spiro atoms. The molecule has 3 nitrogen and oxygen atoms in total. The van der Waals surface area contributed by atoms with Gasteiger partial charge in [-0.2, -0.15) is 0 Å². The molecule has 0 radical (unpaired) electrons. The lowest BCUT2D eigenvalue weighted by atomic mass is 10.0. The van der Waals surface area contributed by atoms with Gasteiger partial charge in [0.1, 0.15) is 11.2 Å². The molecule has 0 N–H and O–H groups in total. The molecule has 0 saturated heterocycles. The highest BCUT2D eigenvalue weighted by atomic mass is 16.3. The van der Waals surface area contributed by atoms with E-state index in [9.17, 15) is 0 Å². The Kier molecular flexibility index (Phi) is 3.76. The molecule has 7 rings (SSSR count). The van der Waals surface area contributed by atoms with Crippen LogP contribution in [0.1, 0.15) is 5.56 Å². The predicted molar refractivity (Wildman–Crippen MR) is 136 cm³/mol. The van der Waals surface area contributed by atoms with Crippen molar-refractivity contribution in [2.75, 3.05) is 0 Å². The summed E-state index contributed by atoms with van der Waals surface area (Å²) in [4.78, 5) is 4.36. The average Bonchev–Trinajstić information content (AvgIpc) is 3.38. The third kappa shape index (κ3) is 2.72. The number of aromatic nitrogens is 2. The summed E-state index contributed by atoms with van der Waals surface area (Å²) >= 11 is 0. The van der Waals surface area contributed by atoms with E-state index in [1.54, 1.807) is 0 Å². The molecule has 0 saturated carbocycles. The zero-order valence-electron chi connectivity index (χ0n) is 18.1. The third-order valence-corrected chi connectivity index (χ3v) is 6.54. The summed E-state index contributed by atoms with van der Waals surface area (Å²) in [5, 5.41) is 4.79. The minimum atomic E-state index is 0.921. The summed E-state index contributed by atoms with van der Waals surface area (Å²) in [6.45, 7) is 2.14. The molecule has 0 aliphatic heterocycles. The number of para-hydroxylation sites is 1. The first-order valence-corrected chi connectivity index (χ1v) is 11.1. The van der Waals surface area contributed by atoms with Crippen molar-refractivity contribution in [1.29, 1.82) is 0 Å². The van der Waals surface area contributed by atoms with E-state index in [2.05, 4.69) is 89.3 Å². The third-order valence-electron chi connectivity index (χ3n) is 6.54. The Hall–Kier alpha value is -4.37. The highest BCUT2D eigenvalue weighted by Gasteiger charge is 2.14. The second kappa shape index (κ2) is 6.81. The smallest absolute Gasteiger partial charge is 0.135 e. The fraction of sp³-hybridized carbons (Fsp3) is 0.0333. The molecule has 156 valence electrons. The molecule has 0 aliphatic carbocycles. The maximum Gasteiger partial charge on any atom is 0.135 e. The van der Waals surface area contributed by atoms with Crippen LogP contribution >= 0.6 is 0 Å². The van der Waals surface area contributed by atoms with Gasteiger partial charge < -0.3 is 8.98 Å². The van der Waals surface area contributed by atoms with Crippen LogP contribution in [0.25, 0.3) is 60.6 Å². The van der Waals surface area contributed by atoms with Crippen molar-refractivity contribution in [1.82, 2.24) is 9.55 Å². The number of hydrogen-bond acceptors (Lipinski definition) is 2. The van der Waals surface area contributed by atoms with Crippen LogP contribution < -0.4 is 0 Å². The first-order valence-electron chi connectivity index (χ1n) is 11.1. The van der Waals surface area contributed by atoms with Crippen LogP contribution in [0.15, 0.2) is 108 Å². The van der Waals surface area contributed by atoms with Crippen LogP contribution in [0.3, 0.4) is 0 Å². The standard InChI is InChI=1S/C30H20N2O/c1-19-8-11-23-25-16-20(9-12-27(25)32(28(23)15-19)22-5-4-14-31-18-22)21-10-13-30-26(17-21)24-6-2-3-7-29(24)33-30/h2-18H,1H3. The lowest BCUT2D eigenvalue weighted by Crippen LogP contribution is -1.94. The van der Waals surface area contributed by atoms with E-state index in [0.717, 1.165) is 27.6 Å². The van der Waals surface area contributed by atoms with E-state index in [1.165, 1.54) is 38.5 Å². The van der Waals surface area contributed by atoms with Crippen molar-refractivity contribution in [3.63, 3.8) is 0 Å². The van der Waals surface area contributed by atoms with Gasteiger partial charge in [0.25, 0.3) is 0 Å². The summed E-state index contributed by atoms with van der Waals surface area (Å²) in [7, 11) is 0. The van der Waals surface area contributed by atoms with Gasteiger partial charge in [0, 0.05) is 27.7 Å². The minimum Gasteiger partial charge on any atom is -0.456 e. The number of hydrogen-bond donors (Lipinski definition) is 0. The molecule has 0 fully saturated rings. The molecule has 0 atom stereocenters. The number of benzene rings is 4. The van der Waals surface area contributed by atoms with Crippen molar-refractivity contribution in [2.45, 2.75) is 6.92 Å². The van der Waals surface area contributed by atoms with Gasteiger partial charge in [-0.3, -0.25) is 4.98 Å². The largest absolute Gasteiger partial charge is 0.456 e. The SMILES string of the molecule is Cc1ccc2c3cc(-c4ccc5oc6ccccc6c5c4)ccc3n(-c3cccnc3)c2c1. The summed E-state index contributed by atoms with van der Waals surface area (Å²) in [6.07, 6.45) is 3.74. The van der Waals surface area contributed by atoms with E-state index in [1.807, 2.05) is 30.6 Å². The number of rotatable bonds is 2. The van der Waals surface area contributed by atoms with Crippen molar-refractivity contribution in [2.24, 2.45) is 0 Å². The zero-order valence-corrected chi connectivity index (χ0v) is 18.1. The van der Waals surface area contributed by atoms with E-state index in [0.29, 0.717) is 0 Å². The van der Waals surface area contributed by atoms with Gasteiger partial charge in [-0.1, -0.05) is 42.5 Å². The van der Waals surface area contributed by atoms with Crippen LogP contribution in [0.2, 0.25) is 0 Å². The van der Waals surface area contributed by atoms with Crippen molar-refractivity contribution in [3.8, 4) is 16.8 Å². The van der Waals surface area contributed by atoms with Gasteiger partial charge in [-0.25, -0.2) is 0 Å². The van der Waals surface area contributed by atoms with Crippen molar-refractivity contribution >= 4 is 43.7 Å². The normalized spacial score (nSPS) is 11.8. The van der Waals surface area contributed by atoms with Gasteiger partial charge in [0.05, 0.1) is 22.9 Å². The molecule has 3 heterocycles. The van der Waals surface area contributed by atoms with E-state index in [4.69, 9.17) is 4.42 Å². The summed E-state index contributed by atoms with van der Waals surface area (Å²) < 4.78 is 8.33. The molecule has 0 bridgehead atoms. The maximum absolute atomic E-state index is 6.03. The topological polar surface area (TPSA) is 31.0 Å². The molecule has 3 aromatic heterocycles. The van der Waals surface area contributed by atoms with Gasteiger partial charge in [-0.05, 0) is 72.1 Å². The zero-order chi connectivity index (χ0) is 21.9. The summed E-state index contributed by atoms with van der Waals surface area (Å²) in [6, 6.07) is 32.2. The highest BCUT2D eigenvalue weighted by Crippen LogP contribution is 2.37.